The lowest BCUT2D eigenvalue weighted by Gasteiger charge is -2.12. The van der Waals surface area contributed by atoms with E-state index in [-0.39, 0.29) is 12.2 Å². The first-order chi connectivity index (χ1) is 9.97. The van der Waals surface area contributed by atoms with Gasteiger partial charge in [0.25, 0.3) is 5.91 Å². The highest BCUT2D eigenvalue weighted by Gasteiger charge is 2.25. The number of nitrogens with one attached hydrogen (secondary N) is 1. The van der Waals surface area contributed by atoms with Crippen molar-refractivity contribution in [2.24, 2.45) is 7.05 Å². The Morgan fingerprint density at radius 1 is 1.38 bits per heavy atom. The zero-order valence-corrected chi connectivity index (χ0v) is 12.1. The van der Waals surface area contributed by atoms with E-state index in [4.69, 9.17) is 5.11 Å². The van der Waals surface area contributed by atoms with Gasteiger partial charge < -0.3 is 15.0 Å². The average Bonchev–Trinajstić information content (AvgIpc) is 3.08. The molecule has 0 radical (unpaired) electrons. The van der Waals surface area contributed by atoms with Crippen molar-refractivity contribution in [3.8, 4) is 0 Å². The van der Waals surface area contributed by atoms with Crippen LogP contribution in [0.5, 0.6) is 0 Å². The summed E-state index contributed by atoms with van der Waals surface area (Å²) in [4.78, 5) is 35.6. The molecule has 0 saturated heterocycles. The van der Waals surface area contributed by atoms with E-state index in [9.17, 15) is 14.4 Å². The number of ketones is 1. The summed E-state index contributed by atoms with van der Waals surface area (Å²) in [6.07, 6.45) is 2.99. The van der Waals surface area contributed by atoms with Crippen LogP contribution in [0.25, 0.3) is 0 Å². The molecule has 1 amide bonds. The van der Waals surface area contributed by atoms with Crippen molar-refractivity contribution in [2.45, 2.75) is 12.5 Å². The fraction of sp³-hybridized carbons (Fsp3) is 0.214. The van der Waals surface area contributed by atoms with Crippen molar-refractivity contribution in [3.05, 3.63) is 46.4 Å². The summed E-state index contributed by atoms with van der Waals surface area (Å²) in [6, 6.07) is 3.68. The SMILES string of the molecule is Cn1ccc(C(=O)NC(CC(=O)c2cccs2)C(=O)O)c1. The third-order valence-corrected chi connectivity index (χ3v) is 3.79. The number of amides is 1. The van der Waals surface area contributed by atoms with Crippen molar-refractivity contribution in [2.75, 3.05) is 0 Å². The molecule has 110 valence electrons. The summed E-state index contributed by atoms with van der Waals surface area (Å²) in [6.45, 7) is 0. The molecule has 7 heteroatoms. The Morgan fingerprint density at radius 2 is 2.14 bits per heavy atom. The number of Topliss-reactive ketones (excluding diaryl/α,β-unsaturated/α-hetero) is 1. The van der Waals surface area contributed by atoms with E-state index in [0.29, 0.717) is 10.4 Å². The highest BCUT2D eigenvalue weighted by molar-refractivity contribution is 7.12. The van der Waals surface area contributed by atoms with Gasteiger partial charge in [0.15, 0.2) is 5.78 Å². The number of carbonyl (C=O) groups excluding carboxylic acids is 2. The molecule has 6 nitrogen and oxygen atoms in total. The van der Waals surface area contributed by atoms with E-state index < -0.39 is 17.9 Å². The Morgan fingerprint density at radius 3 is 2.67 bits per heavy atom. The van der Waals surface area contributed by atoms with Gasteiger partial charge in [0.05, 0.1) is 10.4 Å². The first-order valence-corrected chi connectivity index (χ1v) is 7.07. The number of nitrogens with zero attached hydrogens (tertiary/aromatic N) is 1. The Labute approximate surface area is 125 Å². The van der Waals surface area contributed by atoms with E-state index in [2.05, 4.69) is 5.32 Å². The fourth-order valence-corrected chi connectivity index (χ4v) is 2.48. The van der Waals surface area contributed by atoms with Crippen molar-refractivity contribution in [3.63, 3.8) is 0 Å². The molecule has 0 aliphatic carbocycles. The van der Waals surface area contributed by atoms with Crippen LogP contribution in [-0.2, 0) is 11.8 Å². The van der Waals surface area contributed by atoms with Crippen LogP contribution >= 0.6 is 11.3 Å². The zero-order chi connectivity index (χ0) is 15.4. The molecule has 2 rings (SSSR count). The third kappa shape index (κ3) is 3.79. The van der Waals surface area contributed by atoms with Gasteiger partial charge in [-0.1, -0.05) is 6.07 Å². The predicted molar refractivity (Wildman–Crippen MR) is 77.6 cm³/mol. The molecule has 0 fully saturated rings. The summed E-state index contributed by atoms with van der Waals surface area (Å²) in [7, 11) is 1.76. The Hall–Kier alpha value is -2.41. The van der Waals surface area contributed by atoms with E-state index in [1.807, 2.05) is 0 Å². The maximum absolute atomic E-state index is 11.9. The van der Waals surface area contributed by atoms with Crippen LogP contribution in [0.3, 0.4) is 0 Å². The van der Waals surface area contributed by atoms with Gasteiger partial charge in [-0.25, -0.2) is 4.79 Å². The largest absolute Gasteiger partial charge is 0.480 e. The van der Waals surface area contributed by atoms with Crippen LogP contribution in [-0.4, -0.2) is 33.4 Å². The second-order valence-corrected chi connectivity index (χ2v) is 5.48. The molecule has 2 N–H and O–H groups in total. The number of carbonyl (C=O) groups is 3. The van der Waals surface area contributed by atoms with Crippen molar-refractivity contribution in [1.29, 1.82) is 0 Å². The van der Waals surface area contributed by atoms with Crippen LogP contribution in [0.1, 0.15) is 26.5 Å². The molecule has 0 aliphatic heterocycles. The number of aliphatic carboxylic acids is 1. The maximum atomic E-state index is 11.9. The lowest BCUT2D eigenvalue weighted by Crippen LogP contribution is -2.42. The smallest absolute Gasteiger partial charge is 0.326 e. The average molecular weight is 306 g/mol. The number of aromatic nitrogens is 1. The molecule has 2 heterocycles. The minimum Gasteiger partial charge on any atom is -0.480 e. The first-order valence-electron chi connectivity index (χ1n) is 6.19. The van der Waals surface area contributed by atoms with Crippen molar-refractivity contribution < 1.29 is 19.5 Å². The predicted octanol–water partition coefficient (Wildman–Crippen LogP) is 1.54. The summed E-state index contributed by atoms with van der Waals surface area (Å²) >= 11 is 1.24. The lowest BCUT2D eigenvalue weighted by atomic mass is 10.1. The zero-order valence-electron chi connectivity index (χ0n) is 11.3. The lowest BCUT2D eigenvalue weighted by molar-refractivity contribution is -0.139. The number of aryl methyl sites for hydroxylation is 1. The van der Waals surface area contributed by atoms with Crippen LogP contribution in [0.2, 0.25) is 0 Å². The molecule has 2 aromatic rings. The molecular weight excluding hydrogens is 292 g/mol. The highest BCUT2D eigenvalue weighted by Crippen LogP contribution is 2.13. The van der Waals surface area contributed by atoms with Gasteiger partial charge in [-0.15, -0.1) is 11.3 Å². The summed E-state index contributed by atoms with van der Waals surface area (Å²) in [5.41, 5.74) is 0.354. The molecule has 0 aromatic carbocycles. The molecular formula is C14H14N2O4S. The minimum atomic E-state index is -1.24. The molecule has 0 bridgehead atoms. The number of rotatable bonds is 6. The van der Waals surface area contributed by atoms with Gasteiger partial charge in [0.1, 0.15) is 6.04 Å². The maximum Gasteiger partial charge on any atom is 0.326 e. The monoisotopic (exact) mass is 306 g/mol. The van der Waals surface area contributed by atoms with Crippen LogP contribution in [0, 0.1) is 0 Å². The number of hydrogen-bond acceptors (Lipinski definition) is 4. The first kappa shape index (κ1) is 15.0. The molecule has 1 unspecified atom stereocenters. The molecule has 0 spiro atoms. The molecule has 0 saturated carbocycles. The summed E-state index contributed by atoms with van der Waals surface area (Å²) in [5.74, 6) is -2.04. The van der Waals surface area contributed by atoms with E-state index in [0.717, 1.165) is 0 Å². The van der Waals surface area contributed by atoms with Gasteiger partial charge >= 0.3 is 5.97 Å². The Balaban J connectivity index is 2.04. The van der Waals surface area contributed by atoms with Crippen LogP contribution in [0.4, 0.5) is 0 Å². The number of carboxylic acids is 1. The topological polar surface area (TPSA) is 88.4 Å². The number of carboxylic acid groups (broad SMARTS) is 1. The Kier molecular flexibility index (Phi) is 4.54. The van der Waals surface area contributed by atoms with E-state index in [1.165, 1.54) is 11.3 Å². The molecule has 2 aromatic heterocycles. The normalized spacial score (nSPS) is 11.9. The Bertz CT molecular complexity index is 660. The van der Waals surface area contributed by atoms with Crippen molar-refractivity contribution in [1.82, 2.24) is 9.88 Å². The van der Waals surface area contributed by atoms with Gasteiger partial charge in [-0.3, -0.25) is 9.59 Å². The van der Waals surface area contributed by atoms with Gasteiger partial charge in [-0.05, 0) is 17.5 Å². The third-order valence-electron chi connectivity index (χ3n) is 2.88. The molecule has 21 heavy (non-hydrogen) atoms. The van der Waals surface area contributed by atoms with Gasteiger partial charge in [0.2, 0.25) is 0 Å². The highest BCUT2D eigenvalue weighted by atomic mass is 32.1. The number of thiophene rings is 1. The molecule has 0 aliphatic rings. The van der Waals surface area contributed by atoms with Gasteiger partial charge in [0, 0.05) is 25.9 Å². The second-order valence-electron chi connectivity index (χ2n) is 4.53. The van der Waals surface area contributed by atoms with Crippen LogP contribution in [0.15, 0.2) is 36.0 Å². The molecule has 1 atom stereocenters. The standard InChI is InChI=1S/C14H14N2O4S/c1-16-5-4-9(8-16)13(18)15-10(14(19)20)7-11(17)12-3-2-6-21-12/h2-6,8,10H,7H2,1H3,(H,15,18)(H,19,20). The number of hydrogen-bond donors (Lipinski definition) is 2. The quantitative estimate of drug-likeness (QED) is 0.792. The minimum absolute atomic E-state index is 0.269. The van der Waals surface area contributed by atoms with Gasteiger partial charge in [-0.2, -0.15) is 0 Å². The van der Waals surface area contributed by atoms with E-state index >= 15 is 0 Å². The summed E-state index contributed by atoms with van der Waals surface area (Å²) < 4.78 is 1.68. The van der Waals surface area contributed by atoms with Crippen LogP contribution < -0.4 is 5.32 Å². The summed E-state index contributed by atoms with van der Waals surface area (Å²) in [5, 5.41) is 13.3. The second kappa shape index (κ2) is 6.36. The fourth-order valence-electron chi connectivity index (χ4n) is 1.80. The van der Waals surface area contributed by atoms with Crippen molar-refractivity contribution >= 4 is 29.0 Å². The van der Waals surface area contributed by atoms with E-state index in [1.54, 1.807) is 47.6 Å².